The quantitative estimate of drug-likeness (QED) is 0.675. The number of carbonyl (C=O) groups is 1. The van der Waals surface area contributed by atoms with Crippen LogP contribution < -0.4 is 10.6 Å². The first-order chi connectivity index (χ1) is 8.84. The number of rotatable bonds is 8. The van der Waals surface area contributed by atoms with E-state index in [4.69, 9.17) is 9.15 Å². The molecule has 18 heavy (non-hydrogen) atoms. The van der Waals surface area contributed by atoms with E-state index in [9.17, 15) is 4.79 Å². The second-order valence-electron chi connectivity index (χ2n) is 4.56. The SMILES string of the molecule is O=C(CC1CNC1)NCCCOCc1ccco1. The zero-order valence-corrected chi connectivity index (χ0v) is 10.5. The van der Waals surface area contributed by atoms with E-state index in [2.05, 4.69) is 10.6 Å². The predicted molar refractivity (Wildman–Crippen MR) is 67.0 cm³/mol. The van der Waals surface area contributed by atoms with Gasteiger partial charge in [0.1, 0.15) is 12.4 Å². The maximum absolute atomic E-state index is 11.5. The molecule has 5 nitrogen and oxygen atoms in total. The van der Waals surface area contributed by atoms with Crippen LogP contribution in [0.25, 0.3) is 0 Å². The number of furan rings is 1. The van der Waals surface area contributed by atoms with Crippen LogP contribution in [0.3, 0.4) is 0 Å². The molecule has 0 radical (unpaired) electrons. The molecule has 0 aromatic carbocycles. The maximum atomic E-state index is 11.5. The Labute approximate surface area is 107 Å². The van der Waals surface area contributed by atoms with Crippen LogP contribution in [0.4, 0.5) is 0 Å². The Kier molecular flexibility index (Phi) is 5.23. The predicted octanol–water partition coefficient (Wildman–Crippen LogP) is 0.912. The molecule has 2 N–H and O–H groups in total. The van der Waals surface area contributed by atoms with Crippen LogP contribution in [-0.4, -0.2) is 32.1 Å². The molecule has 1 aliphatic heterocycles. The molecule has 0 bridgehead atoms. The molecule has 5 heteroatoms. The molecule has 1 aromatic rings. The van der Waals surface area contributed by atoms with Crippen molar-refractivity contribution >= 4 is 5.91 Å². The minimum atomic E-state index is 0.146. The number of hydrogen-bond donors (Lipinski definition) is 2. The molecule has 1 saturated heterocycles. The summed E-state index contributed by atoms with van der Waals surface area (Å²) in [7, 11) is 0. The second-order valence-corrected chi connectivity index (χ2v) is 4.56. The molecule has 1 fully saturated rings. The Morgan fingerprint density at radius 3 is 3.11 bits per heavy atom. The summed E-state index contributed by atoms with van der Waals surface area (Å²) in [6.45, 7) is 3.75. The van der Waals surface area contributed by atoms with E-state index in [-0.39, 0.29) is 5.91 Å². The van der Waals surface area contributed by atoms with Crippen molar-refractivity contribution < 1.29 is 13.9 Å². The van der Waals surface area contributed by atoms with E-state index in [1.165, 1.54) is 0 Å². The summed E-state index contributed by atoms with van der Waals surface area (Å²) >= 11 is 0. The monoisotopic (exact) mass is 252 g/mol. The van der Waals surface area contributed by atoms with Crippen LogP contribution in [0, 0.1) is 5.92 Å². The molecule has 0 aliphatic carbocycles. The number of carbonyl (C=O) groups excluding carboxylic acids is 1. The van der Waals surface area contributed by atoms with Gasteiger partial charge in [-0.15, -0.1) is 0 Å². The van der Waals surface area contributed by atoms with Crippen LogP contribution in [0.1, 0.15) is 18.6 Å². The zero-order valence-electron chi connectivity index (χ0n) is 10.5. The van der Waals surface area contributed by atoms with Gasteiger partial charge in [0.25, 0.3) is 0 Å². The highest BCUT2D eigenvalue weighted by Crippen LogP contribution is 2.07. The third-order valence-electron chi connectivity index (χ3n) is 2.95. The summed E-state index contributed by atoms with van der Waals surface area (Å²) in [5.74, 6) is 1.50. The zero-order chi connectivity index (χ0) is 12.6. The molecule has 0 atom stereocenters. The second kappa shape index (κ2) is 7.18. The fraction of sp³-hybridized carbons (Fsp3) is 0.615. The van der Waals surface area contributed by atoms with Crippen LogP contribution in [0.15, 0.2) is 22.8 Å². The molecule has 2 rings (SSSR count). The van der Waals surface area contributed by atoms with Gasteiger partial charge in [0, 0.05) is 19.6 Å². The highest BCUT2D eigenvalue weighted by molar-refractivity contribution is 5.76. The van der Waals surface area contributed by atoms with Gasteiger partial charge in [-0.25, -0.2) is 0 Å². The van der Waals surface area contributed by atoms with Crippen molar-refractivity contribution in [2.45, 2.75) is 19.4 Å². The highest BCUT2D eigenvalue weighted by atomic mass is 16.5. The third-order valence-corrected chi connectivity index (χ3v) is 2.95. The Hall–Kier alpha value is -1.33. The smallest absolute Gasteiger partial charge is 0.220 e. The fourth-order valence-corrected chi connectivity index (χ4v) is 1.80. The normalized spacial score (nSPS) is 15.3. The Balaban J connectivity index is 1.42. The van der Waals surface area contributed by atoms with E-state index < -0.39 is 0 Å². The molecule has 0 saturated carbocycles. The van der Waals surface area contributed by atoms with Gasteiger partial charge in [0.2, 0.25) is 5.91 Å². The summed E-state index contributed by atoms with van der Waals surface area (Å²) in [6.07, 6.45) is 3.10. The molecule has 1 aliphatic rings. The summed E-state index contributed by atoms with van der Waals surface area (Å²) in [6, 6.07) is 3.72. The van der Waals surface area contributed by atoms with Crippen molar-refractivity contribution in [1.29, 1.82) is 0 Å². The summed E-state index contributed by atoms with van der Waals surface area (Å²) in [5, 5.41) is 6.06. The van der Waals surface area contributed by atoms with Gasteiger partial charge in [-0.05, 0) is 37.6 Å². The standard InChI is InChI=1S/C13H20N2O3/c16-13(7-11-8-14-9-11)15-4-2-5-17-10-12-3-1-6-18-12/h1,3,6,11,14H,2,4-5,7-10H2,(H,15,16). The van der Waals surface area contributed by atoms with Crippen molar-refractivity contribution in [3.8, 4) is 0 Å². The largest absolute Gasteiger partial charge is 0.467 e. The fourth-order valence-electron chi connectivity index (χ4n) is 1.80. The number of hydrogen-bond acceptors (Lipinski definition) is 4. The number of amides is 1. The Bertz CT molecular complexity index is 347. The van der Waals surface area contributed by atoms with Crippen molar-refractivity contribution in [2.75, 3.05) is 26.2 Å². The molecule has 0 spiro atoms. The molecule has 1 amide bonds. The lowest BCUT2D eigenvalue weighted by Gasteiger charge is -2.26. The summed E-state index contributed by atoms with van der Waals surface area (Å²) < 4.78 is 10.6. The van der Waals surface area contributed by atoms with Gasteiger partial charge < -0.3 is 19.8 Å². The minimum absolute atomic E-state index is 0.146. The average molecular weight is 252 g/mol. The molecule has 2 heterocycles. The van der Waals surface area contributed by atoms with E-state index in [1.54, 1.807) is 6.26 Å². The number of nitrogens with one attached hydrogen (secondary N) is 2. The first-order valence-corrected chi connectivity index (χ1v) is 6.42. The Morgan fingerprint density at radius 1 is 1.56 bits per heavy atom. The topological polar surface area (TPSA) is 63.5 Å². The van der Waals surface area contributed by atoms with E-state index >= 15 is 0 Å². The molecule has 100 valence electrons. The summed E-state index contributed by atoms with van der Waals surface area (Å²) in [5.41, 5.74) is 0. The van der Waals surface area contributed by atoms with Crippen molar-refractivity contribution in [3.63, 3.8) is 0 Å². The maximum Gasteiger partial charge on any atom is 0.220 e. The van der Waals surface area contributed by atoms with E-state index in [1.807, 2.05) is 12.1 Å². The van der Waals surface area contributed by atoms with Gasteiger partial charge in [0.05, 0.1) is 6.26 Å². The molecular formula is C13H20N2O3. The Morgan fingerprint density at radius 2 is 2.44 bits per heavy atom. The van der Waals surface area contributed by atoms with Gasteiger partial charge >= 0.3 is 0 Å². The van der Waals surface area contributed by atoms with Gasteiger partial charge in [-0.1, -0.05) is 0 Å². The lowest BCUT2D eigenvalue weighted by Crippen LogP contribution is -2.44. The van der Waals surface area contributed by atoms with Crippen LogP contribution in [-0.2, 0) is 16.1 Å². The van der Waals surface area contributed by atoms with Crippen molar-refractivity contribution in [2.24, 2.45) is 5.92 Å². The molecule has 0 unspecified atom stereocenters. The van der Waals surface area contributed by atoms with Crippen LogP contribution in [0.5, 0.6) is 0 Å². The average Bonchev–Trinajstić information content (AvgIpc) is 2.81. The van der Waals surface area contributed by atoms with Crippen LogP contribution >= 0.6 is 0 Å². The molecule has 1 aromatic heterocycles. The van der Waals surface area contributed by atoms with Gasteiger partial charge in [-0.3, -0.25) is 4.79 Å². The minimum Gasteiger partial charge on any atom is -0.467 e. The van der Waals surface area contributed by atoms with Crippen molar-refractivity contribution in [3.05, 3.63) is 24.2 Å². The third kappa shape index (κ3) is 4.50. The first-order valence-electron chi connectivity index (χ1n) is 6.42. The lowest BCUT2D eigenvalue weighted by atomic mass is 9.99. The lowest BCUT2D eigenvalue weighted by molar-refractivity contribution is -0.122. The van der Waals surface area contributed by atoms with E-state index in [0.29, 0.717) is 32.1 Å². The number of ether oxygens (including phenoxy) is 1. The van der Waals surface area contributed by atoms with E-state index in [0.717, 1.165) is 25.3 Å². The first kappa shape index (κ1) is 13.1. The van der Waals surface area contributed by atoms with Crippen LogP contribution in [0.2, 0.25) is 0 Å². The summed E-state index contributed by atoms with van der Waals surface area (Å²) in [4.78, 5) is 11.5. The van der Waals surface area contributed by atoms with Crippen molar-refractivity contribution in [1.82, 2.24) is 10.6 Å². The van der Waals surface area contributed by atoms with Gasteiger partial charge in [-0.2, -0.15) is 0 Å². The highest BCUT2D eigenvalue weighted by Gasteiger charge is 2.19. The van der Waals surface area contributed by atoms with Gasteiger partial charge in [0.15, 0.2) is 0 Å². The molecular weight excluding hydrogens is 232 g/mol.